The fourth-order valence-electron chi connectivity index (χ4n) is 2.42. The van der Waals surface area contributed by atoms with Crippen LogP contribution < -0.4 is 5.32 Å². The van der Waals surface area contributed by atoms with E-state index >= 15 is 0 Å². The summed E-state index contributed by atoms with van der Waals surface area (Å²) >= 11 is 1.84. The van der Waals surface area contributed by atoms with Crippen LogP contribution in [0, 0.1) is 19.8 Å². The van der Waals surface area contributed by atoms with Gasteiger partial charge in [-0.1, -0.05) is 0 Å². The molecular formula is C13H23N3S. The van der Waals surface area contributed by atoms with Crippen molar-refractivity contribution >= 4 is 11.3 Å². The molecule has 2 heterocycles. The molecule has 1 aromatic rings. The van der Waals surface area contributed by atoms with Gasteiger partial charge >= 0.3 is 0 Å². The van der Waals surface area contributed by atoms with Crippen LogP contribution in [0.15, 0.2) is 0 Å². The Morgan fingerprint density at radius 1 is 1.47 bits per heavy atom. The van der Waals surface area contributed by atoms with Crippen LogP contribution in [0.1, 0.15) is 28.4 Å². The first kappa shape index (κ1) is 13.0. The predicted octanol–water partition coefficient (Wildman–Crippen LogP) is 2.19. The third kappa shape index (κ3) is 3.76. The smallest absolute Gasteiger partial charge is 0.107 e. The average molecular weight is 253 g/mol. The van der Waals surface area contributed by atoms with Crippen LogP contribution in [-0.4, -0.2) is 36.6 Å². The second kappa shape index (κ2) is 5.94. The van der Waals surface area contributed by atoms with Crippen LogP contribution >= 0.6 is 11.3 Å². The number of hydrogen-bond donors (Lipinski definition) is 1. The SMILES string of the molecule is Cc1nc(CN(C)CC2CCCNC2)sc1C. The molecule has 0 amide bonds. The van der Waals surface area contributed by atoms with Crippen LogP contribution in [0.25, 0.3) is 0 Å². The third-order valence-corrected chi connectivity index (χ3v) is 4.50. The minimum absolute atomic E-state index is 0.816. The first-order valence-electron chi connectivity index (χ1n) is 6.47. The Balaban J connectivity index is 1.81. The minimum atomic E-state index is 0.816. The predicted molar refractivity (Wildman–Crippen MR) is 73.5 cm³/mol. The van der Waals surface area contributed by atoms with Crippen molar-refractivity contribution in [1.82, 2.24) is 15.2 Å². The molecule has 0 aromatic carbocycles. The van der Waals surface area contributed by atoms with E-state index in [-0.39, 0.29) is 0 Å². The summed E-state index contributed by atoms with van der Waals surface area (Å²) in [7, 11) is 2.21. The summed E-state index contributed by atoms with van der Waals surface area (Å²) in [5.74, 6) is 0.816. The summed E-state index contributed by atoms with van der Waals surface area (Å²) in [6.07, 6.45) is 2.70. The summed E-state index contributed by atoms with van der Waals surface area (Å²) in [6.45, 7) is 8.81. The van der Waals surface area contributed by atoms with Crippen molar-refractivity contribution in [3.05, 3.63) is 15.6 Å². The zero-order valence-electron chi connectivity index (χ0n) is 11.1. The summed E-state index contributed by atoms with van der Waals surface area (Å²) < 4.78 is 0. The molecule has 1 aliphatic rings. The maximum Gasteiger partial charge on any atom is 0.107 e. The molecule has 1 fully saturated rings. The zero-order chi connectivity index (χ0) is 12.3. The van der Waals surface area contributed by atoms with E-state index in [1.165, 1.54) is 48.1 Å². The Kier molecular flexibility index (Phi) is 4.54. The van der Waals surface area contributed by atoms with Gasteiger partial charge in [-0.2, -0.15) is 0 Å². The van der Waals surface area contributed by atoms with Crippen molar-refractivity contribution in [2.45, 2.75) is 33.2 Å². The Hall–Kier alpha value is -0.450. The number of rotatable bonds is 4. The molecule has 0 radical (unpaired) electrons. The van der Waals surface area contributed by atoms with Gasteiger partial charge in [0.15, 0.2) is 0 Å². The number of thiazole rings is 1. The Labute approximate surface area is 108 Å². The topological polar surface area (TPSA) is 28.2 Å². The first-order valence-corrected chi connectivity index (χ1v) is 7.29. The van der Waals surface area contributed by atoms with Gasteiger partial charge < -0.3 is 5.32 Å². The van der Waals surface area contributed by atoms with Gasteiger partial charge in [-0.05, 0) is 52.7 Å². The third-order valence-electron chi connectivity index (χ3n) is 3.45. The number of aryl methyl sites for hydroxylation is 2. The second-order valence-electron chi connectivity index (χ2n) is 5.16. The lowest BCUT2D eigenvalue weighted by atomic mass is 9.99. The molecule has 17 heavy (non-hydrogen) atoms. The molecule has 1 unspecified atom stereocenters. The highest BCUT2D eigenvalue weighted by atomic mass is 32.1. The lowest BCUT2D eigenvalue weighted by Gasteiger charge is -2.27. The van der Waals surface area contributed by atoms with Crippen LogP contribution in [0.2, 0.25) is 0 Å². The molecule has 1 aromatic heterocycles. The van der Waals surface area contributed by atoms with Gasteiger partial charge in [0.2, 0.25) is 0 Å². The van der Waals surface area contributed by atoms with Crippen LogP contribution in [-0.2, 0) is 6.54 Å². The van der Waals surface area contributed by atoms with Gasteiger partial charge in [-0.25, -0.2) is 4.98 Å². The van der Waals surface area contributed by atoms with Crippen LogP contribution in [0.5, 0.6) is 0 Å². The molecule has 0 saturated carbocycles. The number of nitrogens with one attached hydrogen (secondary N) is 1. The number of nitrogens with zero attached hydrogens (tertiary/aromatic N) is 2. The minimum Gasteiger partial charge on any atom is -0.316 e. The molecule has 3 nitrogen and oxygen atoms in total. The van der Waals surface area contributed by atoms with Crippen molar-refractivity contribution in [2.75, 3.05) is 26.7 Å². The van der Waals surface area contributed by atoms with E-state index in [0.29, 0.717) is 0 Å². The molecule has 0 bridgehead atoms. The molecule has 1 aliphatic heterocycles. The molecule has 1 saturated heterocycles. The summed E-state index contributed by atoms with van der Waals surface area (Å²) in [4.78, 5) is 8.37. The quantitative estimate of drug-likeness (QED) is 0.891. The van der Waals surface area contributed by atoms with Gasteiger partial charge in [-0.3, -0.25) is 4.90 Å². The van der Waals surface area contributed by atoms with Crippen LogP contribution in [0.3, 0.4) is 0 Å². The first-order chi connectivity index (χ1) is 8.15. The molecule has 0 aliphatic carbocycles. The zero-order valence-corrected chi connectivity index (χ0v) is 11.9. The van der Waals surface area contributed by atoms with Crippen LogP contribution in [0.4, 0.5) is 0 Å². The van der Waals surface area contributed by atoms with Crippen molar-refractivity contribution in [2.24, 2.45) is 5.92 Å². The van der Waals surface area contributed by atoms with E-state index in [0.717, 1.165) is 12.5 Å². The fraction of sp³-hybridized carbons (Fsp3) is 0.769. The molecule has 2 rings (SSSR count). The summed E-state index contributed by atoms with van der Waals surface area (Å²) in [5, 5.41) is 4.73. The normalized spacial score (nSPS) is 21.1. The Bertz CT molecular complexity index is 336. The van der Waals surface area contributed by atoms with E-state index in [2.05, 4.69) is 36.1 Å². The molecule has 1 N–H and O–H groups in total. The van der Waals surface area contributed by atoms with Crippen molar-refractivity contribution in [1.29, 1.82) is 0 Å². The second-order valence-corrected chi connectivity index (χ2v) is 6.45. The van der Waals surface area contributed by atoms with Gasteiger partial charge in [-0.15, -0.1) is 11.3 Å². The van der Waals surface area contributed by atoms with Crippen molar-refractivity contribution < 1.29 is 0 Å². The van der Waals surface area contributed by atoms with Gasteiger partial charge in [0.05, 0.1) is 12.2 Å². The lowest BCUT2D eigenvalue weighted by Crippen LogP contribution is -2.36. The Morgan fingerprint density at radius 2 is 2.29 bits per heavy atom. The highest BCUT2D eigenvalue weighted by Gasteiger charge is 2.15. The van der Waals surface area contributed by atoms with E-state index in [1.54, 1.807) is 0 Å². The largest absolute Gasteiger partial charge is 0.316 e. The highest BCUT2D eigenvalue weighted by molar-refractivity contribution is 7.11. The molecule has 4 heteroatoms. The maximum atomic E-state index is 4.60. The standard InChI is InChI=1S/C13H23N3S/c1-10-11(2)17-13(15-10)9-16(3)8-12-5-4-6-14-7-12/h12,14H,4-9H2,1-3H3. The summed E-state index contributed by atoms with van der Waals surface area (Å²) in [5.41, 5.74) is 1.19. The van der Waals surface area contributed by atoms with E-state index in [4.69, 9.17) is 0 Å². The number of piperidine rings is 1. The highest BCUT2D eigenvalue weighted by Crippen LogP contribution is 2.19. The van der Waals surface area contributed by atoms with Gasteiger partial charge in [0.1, 0.15) is 5.01 Å². The van der Waals surface area contributed by atoms with Crippen molar-refractivity contribution in [3.8, 4) is 0 Å². The molecule has 1 atom stereocenters. The molecule has 96 valence electrons. The van der Waals surface area contributed by atoms with Gasteiger partial charge in [0, 0.05) is 11.4 Å². The average Bonchev–Trinajstić information content (AvgIpc) is 2.59. The Morgan fingerprint density at radius 3 is 2.88 bits per heavy atom. The fourth-order valence-corrected chi connectivity index (χ4v) is 3.44. The molecular weight excluding hydrogens is 230 g/mol. The van der Waals surface area contributed by atoms with E-state index < -0.39 is 0 Å². The van der Waals surface area contributed by atoms with Gasteiger partial charge in [0.25, 0.3) is 0 Å². The number of hydrogen-bond acceptors (Lipinski definition) is 4. The van der Waals surface area contributed by atoms with Crippen molar-refractivity contribution in [3.63, 3.8) is 0 Å². The van der Waals surface area contributed by atoms with E-state index in [1.807, 2.05) is 11.3 Å². The molecule has 0 spiro atoms. The maximum absolute atomic E-state index is 4.60. The van der Waals surface area contributed by atoms with E-state index in [9.17, 15) is 0 Å². The summed E-state index contributed by atoms with van der Waals surface area (Å²) in [6, 6.07) is 0. The number of aromatic nitrogens is 1. The monoisotopic (exact) mass is 253 g/mol. The lowest BCUT2D eigenvalue weighted by molar-refractivity contribution is 0.237.